The Morgan fingerprint density at radius 3 is 2.60 bits per heavy atom. The lowest BCUT2D eigenvalue weighted by Crippen LogP contribution is -2.69. The van der Waals surface area contributed by atoms with Crippen molar-refractivity contribution in [2.45, 2.75) is 77.3 Å². The van der Waals surface area contributed by atoms with Gasteiger partial charge in [-0.1, -0.05) is 27.2 Å². The molecule has 0 spiro atoms. The van der Waals surface area contributed by atoms with Gasteiger partial charge >= 0.3 is 0 Å². The van der Waals surface area contributed by atoms with Gasteiger partial charge in [0.1, 0.15) is 5.60 Å². The van der Waals surface area contributed by atoms with Crippen LogP contribution in [-0.2, 0) is 9.47 Å². The summed E-state index contributed by atoms with van der Waals surface area (Å²) in [7, 11) is 1.69. The van der Waals surface area contributed by atoms with Gasteiger partial charge in [-0.25, -0.2) is 0 Å². The van der Waals surface area contributed by atoms with Crippen LogP contribution in [0.1, 0.15) is 53.9 Å². The number of aliphatic hydroxyl groups is 1. The number of unbranched alkanes of at least 4 members (excludes halogenated alkanes) is 1. The van der Waals surface area contributed by atoms with Crippen LogP contribution in [0.2, 0.25) is 0 Å². The zero-order valence-corrected chi connectivity index (χ0v) is 14.0. The van der Waals surface area contributed by atoms with Gasteiger partial charge in [0.15, 0.2) is 0 Å². The molecule has 4 nitrogen and oxygen atoms in total. The number of hydrogen-bond donors (Lipinski definition) is 2. The van der Waals surface area contributed by atoms with Gasteiger partial charge in [-0.15, -0.1) is 0 Å². The summed E-state index contributed by atoms with van der Waals surface area (Å²) in [4.78, 5) is 0. The fourth-order valence-corrected chi connectivity index (χ4v) is 2.98. The Kier molecular flexibility index (Phi) is 6.45. The quantitative estimate of drug-likeness (QED) is 0.706. The van der Waals surface area contributed by atoms with Gasteiger partial charge < -0.3 is 19.9 Å². The zero-order valence-electron chi connectivity index (χ0n) is 14.0. The van der Waals surface area contributed by atoms with Gasteiger partial charge in [-0.3, -0.25) is 0 Å². The van der Waals surface area contributed by atoms with E-state index in [0.717, 1.165) is 25.8 Å². The summed E-state index contributed by atoms with van der Waals surface area (Å²) in [6, 6.07) is 0. The van der Waals surface area contributed by atoms with Crippen molar-refractivity contribution in [1.29, 1.82) is 0 Å². The maximum atomic E-state index is 11.1. The summed E-state index contributed by atoms with van der Waals surface area (Å²) in [6.45, 7) is 11.8. The van der Waals surface area contributed by atoms with Crippen molar-refractivity contribution in [2.75, 3.05) is 20.2 Å². The first-order valence-electron chi connectivity index (χ1n) is 7.94. The van der Waals surface area contributed by atoms with E-state index in [1.165, 1.54) is 0 Å². The van der Waals surface area contributed by atoms with E-state index in [1.54, 1.807) is 7.11 Å². The average molecular weight is 287 g/mol. The molecule has 0 aromatic carbocycles. The Balaban J connectivity index is 2.80. The minimum atomic E-state index is -0.999. The summed E-state index contributed by atoms with van der Waals surface area (Å²) < 4.78 is 11.8. The highest BCUT2D eigenvalue weighted by atomic mass is 16.6. The summed E-state index contributed by atoms with van der Waals surface area (Å²) in [5.41, 5.74) is -1.58. The van der Waals surface area contributed by atoms with E-state index in [-0.39, 0.29) is 12.2 Å². The maximum absolute atomic E-state index is 11.1. The highest BCUT2D eigenvalue weighted by Crippen LogP contribution is 2.41. The first-order valence-corrected chi connectivity index (χ1v) is 7.94. The second-order valence-corrected chi connectivity index (χ2v) is 6.65. The van der Waals surface area contributed by atoms with Crippen LogP contribution >= 0.6 is 0 Å². The van der Waals surface area contributed by atoms with Crippen LogP contribution in [0.25, 0.3) is 0 Å². The predicted octanol–water partition coefficient (Wildman–Crippen LogP) is 2.35. The van der Waals surface area contributed by atoms with Crippen LogP contribution < -0.4 is 5.32 Å². The molecule has 0 aromatic heterocycles. The molecule has 0 bridgehead atoms. The summed E-state index contributed by atoms with van der Waals surface area (Å²) >= 11 is 0. The lowest BCUT2D eigenvalue weighted by atomic mass is 9.72. The Hall–Kier alpha value is -0.160. The van der Waals surface area contributed by atoms with Crippen molar-refractivity contribution < 1.29 is 14.6 Å². The molecule has 1 aliphatic rings. The molecule has 0 saturated carbocycles. The first-order chi connectivity index (χ1) is 9.30. The van der Waals surface area contributed by atoms with Crippen LogP contribution in [0.3, 0.4) is 0 Å². The van der Waals surface area contributed by atoms with Gasteiger partial charge in [0.05, 0.1) is 17.8 Å². The molecule has 0 aliphatic carbocycles. The van der Waals surface area contributed by atoms with Gasteiger partial charge in [0.2, 0.25) is 0 Å². The third kappa shape index (κ3) is 3.53. The van der Waals surface area contributed by atoms with Crippen molar-refractivity contribution in [3.05, 3.63) is 0 Å². The maximum Gasteiger partial charge on any atom is 0.131 e. The number of methoxy groups -OCH3 is 1. The summed E-state index contributed by atoms with van der Waals surface area (Å²) in [6.07, 6.45) is 2.86. The standard InChI is InChI=1S/C16H33NO3/c1-7-8-9-17-11-16(18)13(4)20-14(12(2)3)10-15(16,5)19-6/h12-14,17-18H,7-11H2,1-6H3/t13?,14-,15?,16+/m1/s1. The SMILES string of the molecule is CCCCNC[C@]1(O)C(C)O[C@@H](C(C)C)CC1(C)OC. The van der Waals surface area contributed by atoms with Gasteiger partial charge in [-0.2, -0.15) is 0 Å². The molecule has 1 saturated heterocycles. The minimum absolute atomic E-state index is 0.130. The molecule has 1 heterocycles. The molecule has 20 heavy (non-hydrogen) atoms. The van der Waals surface area contributed by atoms with Crippen LogP contribution in [-0.4, -0.2) is 48.7 Å². The van der Waals surface area contributed by atoms with Crippen LogP contribution in [0.15, 0.2) is 0 Å². The normalized spacial score (nSPS) is 38.4. The Bertz CT molecular complexity index is 297. The molecule has 4 atom stereocenters. The Morgan fingerprint density at radius 1 is 1.45 bits per heavy atom. The van der Waals surface area contributed by atoms with Crippen molar-refractivity contribution in [2.24, 2.45) is 5.92 Å². The fraction of sp³-hybridized carbons (Fsp3) is 1.00. The number of rotatable bonds is 7. The van der Waals surface area contributed by atoms with Crippen LogP contribution in [0, 0.1) is 5.92 Å². The second kappa shape index (κ2) is 7.21. The highest BCUT2D eigenvalue weighted by Gasteiger charge is 2.56. The van der Waals surface area contributed by atoms with E-state index in [9.17, 15) is 5.11 Å². The van der Waals surface area contributed by atoms with E-state index >= 15 is 0 Å². The van der Waals surface area contributed by atoms with E-state index in [0.29, 0.717) is 12.5 Å². The Morgan fingerprint density at radius 2 is 2.10 bits per heavy atom. The molecular weight excluding hydrogens is 254 g/mol. The summed E-state index contributed by atoms with van der Waals surface area (Å²) in [5, 5.41) is 14.5. The monoisotopic (exact) mass is 287 g/mol. The number of ether oxygens (including phenoxy) is 2. The molecule has 2 N–H and O–H groups in total. The van der Waals surface area contributed by atoms with Gasteiger partial charge in [0.25, 0.3) is 0 Å². The fourth-order valence-electron chi connectivity index (χ4n) is 2.98. The third-order valence-electron chi connectivity index (χ3n) is 4.85. The Labute approximate surface area is 124 Å². The molecular formula is C16H33NO3. The molecule has 0 amide bonds. The van der Waals surface area contributed by atoms with Gasteiger partial charge in [-0.05, 0) is 32.7 Å². The molecule has 1 fully saturated rings. The van der Waals surface area contributed by atoms with E-state index in [4.69, 9.17) is 9.47 Å². The minimum Gasteiger partial charge on any atom is -0.383 e. The molecule has 1 rings (SSSR count). The van der Waals surface area contributed by atoms with Crippen LogP contribution in [0.5, 0.6) is 0 Å². The predicted molar refractivity (Wildman–Crippen MR) is 81.9 cm³/mol. The molecule has 120 valence electrons. The first kappa shape index (κ1) is 17.9. The van der Waals surface area contributed by atoms with Crippen molar-refractivity contribution in [3.63, 3.8) is 0 Å². The van der Waals surface area contributed by atoms with Crippen molar-refractivity contribution in [1.82, 2.24) is 5.32 Å². The largest absolute Gasteiger partial charge is 0.383 e. The molecule has 0 aromatic rings. The number of nitrogens with one attached hydrogen (secondary N) is 1. The zero-order chi connectivity index (χ0) is 15.4. The van der Waals surface area contributed by atoms with Crippen LogP contribution in [0.4, 0.5) is 0 Å². The van der Waals surface area contributed by atoms with Gasteiger partial charge in [0, 0.05) is 20.1 Å². The molecule has 0 radical (unpaired) electrons. The average Bonchev–Trinajstić information content (AvgIpc) is 2.40. The lowest BCUT2D eigenvalue weighted by Gasteiger charge is -2.54. The molecule has 1 aliphatic heterocycles. The topological polar surface area (TPSA) is 50.7 Å². The highest BCUT2D eigenvalue weighted by molar-refractivity contribution is 5.08. The van der Waals surface area contributed by atoms with E-state index in [2.05, 4.69) is 26.1 Å². The summed E-state index contributed by atoms with van der Waals surface area (Å²) in [5.74, 6) is 0.421. The van der Waals surface area contributed by atoms with E-state index in [1.807, 2.05) is 13.8 Å². The third-order valence-corrected chi connectivity index (χ3v) is 4.85. The second-order valence-electron chi connectivity index (χ2n) is 6.65. The smallest absolute Gasteiger partial charge is 0.131 e. The van der Waals surface area contributed by atoms with Crippen molar-refractivity contribution >= 4 is 0 Å². The molecule has 2 unspecified atom stereocenters. The molecule has 4 heteroatoms. The van der Waals surface area contributed by atoms with Crippen molar-refractivity contribution in [3.8, 4) is 0 Å². The van der Waals surface area contributed by atoms with E-state index < -0.39 is 11.2 Å². The lowest BCUT2D eigenvalue weighted by molar-refractivity contribution is -0.274. The number of hydrogen-bond acceptors (Lipinski definition) is 4.